The maximum absolute atomic E-state index is 12.3. The summed E-state index contributed by atoms with van der Waals surface area (Å²) in [5, 5.41) is 0.811. The van der Waals surface area contributed by atoms with Gasteiger partial charge in [0.15, 0.2) is 5.70 Å². The highest BCUT2D eigenvalue weighted by Crippen LogP contribution is 2.30. The second-order valence-corrected chi connectivity index (χ2v) is 6.70. The fourth-order valence-corrected chi connectivity index (χ4v) is 2.98. The molecule has 0 fully saturated rings. The van der Waals surface area contributed by atoms with Crippen molar-refractivity contribution in [2.24, 2.45) is 4.99 Å². The minimum Gasteiger partial charge on any atom is -0.489 e. The fraction of sp³-hybridized carbons (Fsp3) is 0.0909. The molecule has 1 aliphatic heterocycles. The van der Waals surface area contributed by atoms with Crippen molar-refractivity contribution in [3.63, 3.8) is 0 Å². The highest BCUT2D eigenvalue weighted by molar-refractivity contribution is 6.37. The van der Waals surface area contributed by atoms with Gasteiger partial charge in [-0.05, 0) is 36.4 Å². The first-order chi connectivity index (χ1) is 14.0. The van der Waals surface area contributed by atoms with E-state index < -0.39 is 5.97 Å². The highest BCUT2D eigenvalue weighted by atomic mass is 35.5. The summed E-state index contributed by atoms with van der Waals surface area (Å²) in [6.45, 7) is 7.93. The molecular formula is C22H17Cl2NO4. The van der Waals surface area contributed by atoms with E-state index in [0.717, 1.165) is 0 Å². The summed E-state index contributed by atoms with van der Waals surface area (Å²) in [5.74, 6) is 0.646. The van der Waals surface area contributed by atoms with E-state index in [0.29, 0.717) is 45.9 Å². The molecule has 1 aliphatic rings. The van der Waals surface area contributed by atoms with Crippen LogP contribution in [0.15, 0.2) is 72.4 Å². The molecule has 2 aromatic carbocycles. The minimum absolute atomic E-state index is 0.113. The molecule has 0 atom stereocenters. The fourth-order valence-electron chi connectivity index (χ4n) is 2.49. The van der Waals surface area contributed by atoms with Gasteiger partial charge < -0.3 is 14.2 Å². The quantitative estimate of drug-likeness (QED) is 0.317. The van der Waals surface area contributed by atoms with Crippen molar-refractivity contribution in [3.05, 3.63) is 88.6 Å². The highest BCUT2D eigenvalue weighted by Gasteiger charge is 2.26. The van der Waals surface area contributed by atoms with Crippen molar-refractivity contribution in [1.82, 2.24) is 0 Å². The zero-order valence-electron chi connectivity index (χ0n) is 15.4. The van der Waals surface area contributed by atoms with Gasteiger partial charge in [0.2, 0.25) is 5.90 Å². The van der Waals surface area contributed by atoms with Gasteiger partial charge in [-0.2, -0.15) is 0 Å². The molecule has 3 rings (SSSR count). The number of hydrogen-bond donors (Lipinski definition) is 0. The Kier molecular flexibility index (Phi) is 6.75. The molecule has 0 aromatic heterocycles. The van der Waals surface area contributed by atoms with E-state index >= 15 is 0 Å². The number of esters is 1. The van der Waals surface area contributed by atoms with Crippen molar-refractivity contribution in [1.29, 1.82) is 0 Å². The number of aliphatic imine (C=N–C) groups is 1. The molecule has 148 valence electrons. The molecule has 0 aliphatic carbocycles. The molecule has 0 saturated carbocycles. The number of nitrogens with zero attached hydrogens (tertiary/aromatic N) is 1. The molecule has 0 bridgehead atoms. The van der Waals surface area contributed by atoms with Crippen LogP contribution >= 0.6 is 23.2 Å². The van der Waals surface area contributed by atoms with Crippen molar-refractivity contribution < 1.29 is 19.0 Å². The lowest BCUT2D eigenvalue weighted by Gasteiger charge is -2.10. The van der Waals surface area contributed by atoms with Gasteiger partial charge in [0, 0.05) is 16.7 Å². The van der Waals surface area contributed by atoms with E-state index in [1.54, 1.807) is 54.6 Å². The molecule has 0 N–H and O–H groups in total. The van der Waals surface area contributed by atoms with Crippen LogP contribution in [-0.2, 0) is 9.53 Å². The van der Waals surface area contributed by atoms with E-state index in [9.17, 15) is 4.79 Å². The Bertz CT molecular complexity index is 1030. The van der Waals surface area contributed by atoms with Gasteiger partial charge in [-0.15, -0.1) is 0 Å². The summed E-state index contributed by atoms with van der Waals surface area (Å²) in [5.41, 5.74) is 1.23. The molecule has 5 nitrogen and oxygen atoms in total. The number of hydrogen-bond acceptors (Lipinski definition) is 5. The lowest BCUT2D eigenvalue weighted by Crippen LogP contribution is -2.06. The molecule has 2 aromatic rings. The average molecular weight is 430 g/mol. The molecule has 7 heteroatoms. The third-order valence-corrected chi connectivity index (χ3v) is 4.33. The first-order valence-electron chi connectivity index (χ1n) is 8.61. The van der Waals surface area contributed by atoms with Crippen molar-refractivity contribution in [3.8, 4) is 11.5 Å². The van der Waals surface area contributed by atoms with E-state index in [2.05, 4.69) is 18.2 Å². The van der Waals surface area contributed by atoms with E-state index in [4.69, 9.17) is 37.4 Å². The SMILES string of the molecule is C=CCOc1ccc(/C=C2\N=C(c3ccc(Cl)cc3Cl)OC2=O)c(OCC=C)c1. The number of cyclic esters (lactones) is 1. The molecule has 0 unspecified atom stereocenters. The van der Waals surface area contributed by atoms with Crippen LogP contribution in [0.1, 0.15) is 11.1 Å². The summed E-state index contributed by atoms with van der Waals surface area (Å²) in [6.07, 6.45) is 4.85. The van der Waals surface area contributed by atoms with Crippen LogP contribution in [0.3, 0.4) is 0 Å². The van der Waals surface area contributed by atoms with Crippen molar-refractivity contribution >= 4 is 41.1 Å². The number of rotatable bonds is 8. The Balaban J connectivity index is 1.95. The van der Waals surface area contributed by atoms with Crippen LogP contribution in [-0.4, -0.2) is 25.1 Å². The Hall–Kier alpha value is -3.02. The third-order valence-electron chi connectivity index (χ3n) is 3.78. The molecule has 0 saturated heterocycles. The number of carbonyl (C=O) groups excluding carboxylic acids is 1. The second-order valence-electron chi connectivity index (χ2n) is 5.86. The molecule has 1 heterocycles. The van der Waals surface area contributed by atoms with Crippen molar-refractivity contribution in [2.75, 3.05) is 13.2 Å². The van der Waals surface area contributed by atoms with Gasteiger partial charge in [-0.25, -0.2) is 9.79 Å². The van der Waals surface area contributed by atoms with Crippen LogP contribution in [0.5, 0.6) is 11.5 Å². The monoisotopic (exact) mass is 429 g/mol. The molecule has 0 radical (unpaired) electrons. The second kappa shape index (κ2) is 9.45. The van der Waals surface area contributed by atoms with E-state index in [-0.39, 0.29) is 11.6 Å². The minimum atomic E-state index is -0.590. The smallest absolute Gasteiger partial charge is 0.363 e. The standard InChI is InChI=1S/C22H17Cl2NO4/c1-3-9-27-16-7-5-14(20(13-16)28-10-4-2)11-19-22(26)29-21(25-19)17-8-6-15(23)12-18(17)24/h3-8,11-13H,1-2,9-10H2/b19-11-. The predicted octanol–water partition coefficient (Wildman–Crippen LogP) is 5.47. The first-order valence-corrected chi connectivity index (χ1v) is 9.37. The average Bonchev–Trinajstić information content (AvgIpc) is 3.06. The Labute approximate surface area is 178 Å². The zero-order chi connectivity index (χ0) is 20.8. The summed E-state index contributed by atoms with van der Waals surface area (Å²) in [4.78, 5) is 16.6. The van der Waals surface area contributed by atoms with E-state index in [1.807, 2.05) is 0 Å². The van der Waals surface area contributed by atoms with Crippen molar-refractivity contribution in [2.45, 2.75) is 0 Å². The van der Waals surface area contributed by atoms with Crippen LogP contribution in [0.25, 0.3) is 6.08 Å². The topological polar surface area (TPSA) is 57.1 Å². The molecule has 0 spiro atoms. The Morgan fingerprint density at radius 3 is 2.52 bits per heavy atom. The predicted molar refractivity (Wildman–Crippen MR) is 115 cm³/mol. The third kappa shape index (κ3) is 5.08. The van der Waals surface area contributed by atoms with Gasteiger partial charge in [0.05, 0.1) is 10.6 Å². The van der Waals surface area contributed by atoms with Gasteiger partial charge in [0.1, 0.15) is 24.7 Å². The molecule has 29 heavy (non-hydrogen) atoms. The van der Waals surface area contributed by atoms with E-state index in [1.165, 1.54) is 0 Å². The summed E-state index contributed by atoms with van der Waals surface area (Å²) >= 11 is 12.1. The first kappa shape index (κ1) is 20.7. The molecular weight excluding hydrogens is 413 g/mol. The number of carbonyl (C=O) groups is 1. The number of benzene rings is 2. The lowest BCUT2D eigenvalue weighted by atomic mass is 10.1. The maximum Gasteiger partial charge on any atom is 0.363 e. The lowest BCUT2D eigenvalue weighted by molar-refractivity contribution is -0.129. The summed E-state index contributed by atoms with van der Waals surface area (Å²) in [6, 6.07) is 10.1. The normalized spacial score (nSPS) is 14.3. The van der Waals surface area contributed by atoms with Gasteiger partial charge >= 0.3 is 5.97 Å². The maximum atomic E-state index is 12.3. The number of halogens is 2. The van der Waals surface area contributed by atoms with Crippen LogP contribution < -0.4 is 9.47 Å². The largest absolute Gasteiger partial charge is 0.489 e. The van der Waals surface area contributed by atoms with Gasteiger partial charge in [-0.1, -0.05) is 48.5 Å². The Morgan fingerprint density at radius 2 is 1.79 bits per heavy atom. The van der Waals surface area contributed by atoms with Crippen LogP contribution in [0, 0.1) is 0 Å². The van der Waals surface area contributed by atoms with Crippen LogP contribution in [0.2, 0.25) is 10.0 Å². The Morgan fingerprint density at radius 1 is 1.03 bits per heavy atom. The summed E-state index contributed by atoms with van der Waals surface area (Å²) in [7, 11) is 0. The van der Waals surface area contributed by atoms with Gasteiger partial charge in [0.25, 0.3) is 0 Å². The molecule has 0 amide bonds. The summed E-state index contributed by atoms with van der Waals surface area (Å²) < 4.78 is 16.5. The zero-order valence-corrected chi connectivity index (χ0v) is 16.9. The number of ether oxygens (including phenoxy) is 3. The van der Waals surface area contributed by atoms with Gasteiger partial charge in [-0.3, -0.25) is 0 Å². The van der Waals surface area contributed by atoms with Crippen LogP contribution in [0.4, 0.5) is 0 Å².